The molecule has 22 heavy (non-hydrogen) atoms. The summed E-state index contributed by atoms with van der Waals surface area (Å²) in [7, 11) is -3.67. The number of para-hydroxylation sites is 1. The average Bonchev–Trinajstić information content (AvgIpc) is 2.88. The van der Waals surface area contributed by atoms with Gasteiger partial charge in [-0.2, -0.15) is 0 Å². The van der Waals surface area contributed by atoms with E-state index in [1.807, 2.05) is 6.92 Å². The summed E-state index contributed by atoms with van der Waals surface area (Å²) in [5, 5.41) is 3.71. The number of azide groups is 1. The maximum absolute atomic E-state index is 12.8. The molecule has 6 nitrogen and oxygen atoms in total. The van der Waals surface area contributed by atoms with Crippen LogP contribution in [-0.4, -0.2) is 15.0 Å². The Morgan fingerprint density at radius 3 is 2.55 bits per heavy atom. The number of rotatable bonds is 3. The van der Waals surface area contributed by atoms with Crippen molar-refractivity contribution in [3.63, 3.8) is 0 Å². The van der Waals surface area contributed by atoms with E-state index in [1.165, 1.54) is 4.31 Å². The van der Waals surface area contributed by atoms with Crippen LogP contribution in [0.15, 0.2) is 58.5 Å². The van der Waals surface area contributed by atoms with E-state index in [9.17, 15) is 8.42 Å². The Labute approximate surface area is 128 Å². The van der Waals surface area contributed by atoms with Gasteiger partial charge in [0.25, 0.3) is 10.0 Å². The number of fused-ring (bicyclic) bond motifs is 1. The Morgan fingerprint density at radius 2 is 1.86 bits per heavy atom. The number of anilines is 1. The molecule has 0 amide bonds. The number of nitrogens with zero attached hydrogens (tertiary/aromatic N) is 4. The molecule has 1 aliphatic rings. The molecule has 0 saturated carbocycles. The smallest absolute Gasteiger partial charge is 0.264 e. The highest BCUT2D eigenvalue weighted by Crippen LogP contribution is 2.40. The molecule has 0 radical (unpaired) electrons. The molecule has 0 spiro atoms. The molecule has 0 aliphatic carbocycles. The highest BCUT2D eigenvalue weighted by molar-refractivity contribution is 7.92. The van der Waals surface area contributed by atoms with E-state index in [0.717, 1.165) is 11.1 Å². The van der Waals surface area contributed by atoms with Gasteiger partial charge in [-0.25, -0.2) is 8.42 Å². The zero-order chi connectivity index (χ0) is 15.7. The van der Waals surface area contributed by atoms with Crippen molar-refractivity contribution in [3.8, 4) is 0 Å². The first-order valence-electron chi connectivity index (χ1n) is 6.76. The quantitative estimate of drug-likeness (QED) is 0.493. The lowest BCUT2D eigenvalue weighted by Crippen LogP contribution is -2.29. The summed E-state index contributed by atoms with van der Waals surface area (Å²) in [6.07, 6.45) is 0. The van der Waals surface area contributed by atoms with Crippen LogP contribution < -0.4 is 4.31 Å². The van der Waals surface area contributed by atoms with Gasteiger partial charge in [0.15, 0.2) is 0 Å². The van der Waals surface area contributed by atoms with Crippen molar-refractivity contribution in [2.75, 3.05) is 10.8 Å². The van der Waals surface area contributed by atoms with Crippen molar-refractivity contribution in [1.29, 1.82) is 0 Å². The zero-order valence-electron chi connectivity index (χ0n) is 11.9. The van der Waals surface area contributed by atoms with Gasteiger partial charge in [0.05, 0.1) is 16.6 Å². The standard InChI is InChI=1S/C15H14N4O2S/c1-11-6-8-12(9-7-11)22(20,21)19-10-14(17-18-16)13-4-2-3-5-15(13)19/h2-9,14H,10H2,1H3. The van der Waals surface area contributed by atoms with E-state index < -0.39 is 16.1 Å². The van der Waals surface area contributed by atoms with Gasteiger partial charge < -0.3 is 0 Å². The lowest BCUT2D eigenvalue weighted by molar-refractivity contribution is 0.589. The minimum absolute atomic E-state index is 0.125. The number of hydrogen-bond acceptors (Lipinski definition) is 3. The molecular weight excluding hydrogens is 300 g/mol. The minimum atomic E-state index is -3.67. The Kier molecular flexibility index (Phi) is 3.52. The van der Waals surface area contributed by atoms with Crippen molar-refractivity contribution in [3.05, 3.63) is 70.1 Å². The fraction of sp³-hybridized carbons (Fsp3) is 0.200. The summed E-state index contributed by atoms with van der Waals surface area (Å²) in [6, 6.07) is 13.3. The Morgan fingerprint density at radius 1 is 1.18 bits per heavy atom. The third-order valence-electron chi connectivity index (χ3n) is 3.70. The van der Waals surface area contributed by atoms with Crippen LogP contribution in [0.25, 0.3) is 10.4 Å². The summed E-state index contributed by atoms with van der Waals surface area (Å²) in [5.41, 5.74) is 11.0. The predicted molar refractivity (Wildman–Crippen MR) is 84.0 cm³/mol. The van der Waals surface area contributed by atoms with Gasteiger partial charge in [-0.1, -0.05) is 41.0 Å². The Bertz CT molecular complexity index is 855. The molecule has 2 aromatic carbocycles. The second-order valence-electron chi connectivity index (χ2n) is 5.13. The topological polar surface area (TPSA) is 86.1 Å². The second kappa shape index (κ2) is 5.36. The van der Waals surface area contributed by atoms with Gasteiger partial charge in [-0.05, 0) is 36.2 Å². The number of benzene rings is 2. The largest absolute Gasteiger partial charge is 0.265 e. The SMILES string of the molecule is Cc1ccc(S(=O)(=O)N2CC(N=[N+]=[N-])c3ccccc32)cc1. The summed E-state index contributed by atoms with van der Waals surface area (Å²) >= 11 is 0. The average molecular weight is 314 g/mol. The van der Waals surface area contributed by atoms with Crippen LogP contribution in [0.4, 0.5) is 5.69 Å². The van der Waals surface area contributed by atoms with Gasteiger partial charge in [0.2, 0.25) is 0 Å². The van der Waals surface area contributed by atoms with Gasteiger partial charge >= 0.3 is 0 Å². The van der Waals surface area contributed by atoms with Crippen LogP contribution in [0.2, 0.25) is 0 Å². The maximum atomic E-state index is 12.8. The van der Waals surface area contributed by atoms with Crippen molar-refractivity contribution in [2.24, 2.45) is 5.11 Å². The summed E-state index contributed by atoms with van der Waals surface area (Å²) in [6.45, 7) is 2.03. The van der Waals surface area contributed by atoms with Crippen LogP contribution in [0.1, 0.15) is 17.2 Å². The van der Waals surface area contributed by atoms with E-state index in [-0.39, 0.29) is 11.4 Å². The molecule has 7 heteroatoms. The lowest BCUT2D eigenvalue weighted by atomic mass is 10.1. The minimum Gasteiger partial charge on any atom is -0.265 e. The van der Waals surface area contributed by atoms with Crippen molar-refractivity contribution >= 4 is 15.7 Å². The molecule has 0 N–H and O–H groups in total. The molecule has 2 aromatic rings. The number of sulfonamides is 1. The van der Waals surface area contributed by atoms with Crippen LogP contribution in [-0.2, 0) is 10.0 Å². The van der Waals surface area contributed by atoms with Crippen molar-refractivity contribution < 1.29 is 8.42 Å². The summed E-state index contributed by atoms with van der Waals surface area (Å²) in [4.78, 5) is 3.05. The molecule has 0 fully saturated rings. The van der Waals surface area contributed by atoms with Gasteiger partial charge in [0.1, 0.15) is 0 Å². The van der Waals surface area contributed by atoms with E-state index in [2.05, 4.69) is 10.0 Å². The molecule has 0 aromatic heterocycles. The van der Waals surface area contributed by atoms with Gasteiger partial charge in [-0.3, -0.25) is 4.31 Å². The number of hydrogen-bond donors (Lipinski definition) is 0. The van der Waals surface area contributed by atoms with E-state index in [4.69, 9.17) is 5.53 Å². The van der Waals surface area contributed by atoms with E-state index >= 15 is 0 Å². The first-order valence-corrected chi connectivity index (χ1v) is 8.20. The fourth-order valence-electron chi connectivity index (χ4n) is 2.58. The highest BCUT2D eigenvalue weighted by atomic mass is 32.2. The molecule has 3 rings (SSSR count). The van der Waals surface area contributed by atoms with Crippen LogP contribution in [0, 0.1) is 6.92 Å². The zero-order valence-corrected chi connectivity index (χ0v) is 12.7. The monoisotopic (exact) mass is 314 g/mol. The third kappa shape index (κ3) is 2.30. The van der Waals surface area contributed by atoms with E-state index in [0.29, 0.717) is 5.69 Å². The fourth-order valence-corrected chi connectivity index (χ4v) is 4.07. The molecule has 112 valence electrons. The highest BCUT2D eigenvalue weighted by Gasteiger charge is 2.35. The first-order chi connectivity index (χ1) is 10.5. The number of aryl methyl sites for hydroxylation is 1. The maximum Gasteiger partial charge on any atom is 0.264 e. The Hall–Kier alpha value is -2.50. The molecule has 1 atom stereocenters. The molecule has 1 unspecified atom stereocenters. The van der Waals surface area contributed by atoms with Crippen LogP contribution in [0.3, 0.4) is 0 Å². The molecule has 0 saturated heterocycles. The molecule has 1 heterocycles. The van der Waals surface area contributed by atoms with Crippen molar-refractivity contribution in [2.45, 2.75) is 17.9 Å². The van der Waals surface area contributed by atoms with Gasteiger partial charge in [-0.15, -0.1) is 0 Å². The molecular formula is C15H14N4O2S. The van der Waals surface area contributed by atoms with Crippen molar-refractivity contribution in [1.82, 2.24) is 0 Å². The normalized spacial score (nSPS) is 17.0. The second-order valence-corrected chi connectivity index (χ2v) is 6.99. The summed E-state index contributed by atoms with van der Waals surface area (Å²) < 4.78 is 27.0. The van der Waals surface area contributed by atoms with Crippen LogP contribution in [0.5, 0.6) is 0 Å². The Balaban J connectivity index is 2.09. The molecule has 1 aliphatic heterocycles. The third-order valence-corrected chi connectivity index (χ3v) is 5.50. The van der Waals surface area contributed by atoms with Gasteiger partial charge in [0, 0.05) is 11.5 Å². The molecule has 0 bridgehead atoms. The summed E-state index contributed by atoms with van der Waals surface area (Å²) in [5.74, 6) is 0. The predicted octanol–water partition coefficient (Wildman–Crippen LogP) is 3.56. The first kappa shape index (κ1) is 14.4. The lowest BCUT2D eigenvalue weighted by Gasteiger charge is -2.19. The van der Waals surface area contributed by atoms with Crippen LogP contribution >= 0.6 is 0 Å². The van der Waals surface area contributed by atoms with E-state index in [1.54, 1.807) is 48.5 Å².